The quantitative estimate of drug-likeness (QED) is 0.558. The van der Waals surface area contributed by atoms with Gasteiger partial charge in [-0.3, -0.25) is 13.9 Å². The second kappa shape index (κ2) is 7.99. The normalized spacial score (nSPS) is 11.2. The predicted molar refractivity (Wildman–Crippen MR) is 120 cm³/mol. The first-order valence-corrected chi connectivity index (χ1v) is 9.97. The Kier molecular flexibility index (Phi) is 5.23. The molecule has 4 aromatic rings. The fourth-order valence-electron chi connectivity index (χ4n) is 3.79. The standard InChI is InChI=1S/C24H24N4O2/c1-4-16-15-25-22-19(23(29)28(3)24(30)27(22)2)21(16)26-20(17-11-7-5-8-12-17)18-13-9-6-10-14-18/h5-15,20H,4H2,1-3H3,(H,25,26). The Balaban J connectivity index is 2.00. The molecular formula is C24H24N4O2. The molecule has 2 aromatic carbocycles. The van der Waals surface area contributed by atoms with Gasteiger partial charge in [0.1, 0.15) is 5.39 Å². The number of nitrogens with zero attached hydrogens (tertiary/aromatic N) is 3. The molecule has 152 valence electrons. The number of fused-ring (bicyclic) bond motifs is 1. The predicted octanol–water partition coefficient (Wildman–Crippen LogP) is 3.40. The van der Waals surface area contributed by atoms with Crippen LogP contribution in [-0.2, 0) is 20.5 Å². The minimum Gasteiger partial charge on any atom is -0.373 e. The Morgan fingerprint density at radius 2 is 1.47 bits per heavy atom. The van der Waals surface area contributed by atoms with E-state index in [1.165, 1.54) is 11.6 Å². The van der Waals surface area contributed by atoms with Crippen LogP contribution in [0.5, 0.6) is 0 Å². The highest BCUT2D eigenvalue weighted by Crippen LogP contribution is 2.31. The smallest absolute Gasteiger partial charge is 0.332 e. The fraction of sp³-hybridized carbons (Fsp3) is 0.208. The van der Waals surface area contributed by atoms with Crippen molar-refractivity contribution in [1.29, 1.82) is 0 Å². The summed E-state index contributed by atoms with van der Waals surface area (Å²) < 4.78 is 2.55. The first-order chi connectivity index (χ1) is 14.5. The van der Waals surface area contributed by atoms with Gasteiger partial charge in [0.2, 0.25) is 0 Å². The summed E-state index contributed by atoms with van der Waals surface area (Å²) in [4.78, 5) is 30.0. The molecule has 0 atom stereocenters. The van der Waals surface area contributed by atoms with Crippen LogP contribution < -0.4 is 16.6 Å². The number of pyridine rings is 1. The monoisotopic (exact) mass is 400 g/mol. The first kappa shape index (κ1) is 19.6. The SMILES string of the molecule is CCc1cnc2c(c1NC(c1ccccc1)c1ccccc1)c(=O)n(C)c(=O)n2C. The van der Waals surface area contributed by atoms with Gasteiger partial charge in [0, 0.05) is 20.3 Å². The van der Waals surface area contributed by atoms with Crippen molar-refractivity contribution in [2.75, 3.05) is 5.32 Å². The number of hydrogen-bond donors (Lipinski definition) is 1. The zero-order valence-electron chi connectivity index (χ0n) is 17.3. The number of nitrogens with one attached hydrogen (secondary N) is 1. The van der Waals surface area contributed by atoms with Crippen LogP contribution in [0.2, 0.25) is 0 Å². The van der Waals surface area contributed by atoms with Crippen LogP contribution in [0.3, 0.4) is 0 Å². The largest absolute Gasteiger partial charge is 0.373 e. The number of anilines is 1. The van der Waals surface area contributed by atoms with Crippen LogP contribution in [0.1, 0.15) is 29.7 Å². The van der Waals surface area contributed by atoms with E-state index in [-0.39, 0.29) is 11.6 Å². The van der Waals surface area contributed by atoms with E-state index in [4.69, 9.17) is 0 Å². The van der Waals surface area contributed by atoms with Gasteiger partial charge in [-0.25, -0.2) is 9.78 Å². The van der Waals surface area contributed by atoms with E-state index in [1.54, 1.807) is 13.2 Å². The van der Waals surface area contributed by atoms with E-state index in [0.717, 1.165) is 26.9 Å². The maximum absolute atomic E-state index is 13.1. The second-order valence-electron chi connectivity index (χ2n) is 7.32. The fourth-order valence-corrected chi connectivity index (χ4v) is 3.79. The molecule has 0 spiro atoms. The molecule has 2 aromatic heterocycles. The molecule has 0 bridgehead atoms. The van der Waals surface area contributed by atoms with Crippen molar-refractivity contribution in [1.82, 2.24) is 14.1 Å². The zero-order chi connectivity index (χ0) is 21.3. The van der Waals surface area contributed by atoms with Crippen LogP contribution in [0.25, 0.3) is 11.0 Å². The van der Waals surface area contributed by atoms with Crippen LogP contribution in [0, 0.1) is 0 Å². The lowest BCUT2D eigenvalue weighted by Gasteiger charge is -2.24. The molecule has 4 rings (SSSR count). The molecule has 2 heterocycles. The van der Waals surface area contributed by atoms with Gasteiger partial charge in [0.05, 0.1) is 11.7 Å². The molecule has 0 fully saturated rings. The average molecular weight is 400 g/mol. The van der Waals surface area contributed by atoms with Crippen molar-refractivity contribution in [2.24, 2.45) is 14.1 Å². The summed E-state index contributed by atoms with van der Waals surface area (Å²) in [5.41, 5.74) is 3.44. The molecule has 30 heavy (non-hydrogen) atoms. The molecule has 0 radical (unpaired) electrons. The van der Waals surface area contributed by atoms with E-state index >= 15 is 0 Å². The van der Waals surface area contributed by atoms with Crippen molar-refractivity contribution in [3.05, 3.63) is 104 Å². The Hall–Kier alpha value is -3.67. The van der Waals surface area contributed by atoms with Gasteiger partial charge in [-0.05, 0) is 23.1 Å². The van der Waals surface area contributed by atoms with Crippen molar-refractivity contribution in [3.63, 3.8) is 0 Å². The Labute approximate surface area is 174 Å². The molecule has 0 saturated heterocycles. The third-order valence-electron chi connectivity index (χ3n) is 5.48. The minimum absolute atomic E-state index is 0.162. The molecule has 1 N–H and O–H groups in total. The third kappa shape index (κ3) is 3.30. The van der Waals surface area contributed by atoms with Crippen molar-refractivity contribution in [3.8, 4) is 0 Å². The zero-order valence-corrected chi connectivity index (χ0v) is 17.3. The van der Waals surface area contributed by atoms with Gasteiger partial charge in [-0.2, -0.15) is 0 Å². The average Bonchev–Trinajstić information content (AvgIpc) is 2.80. The molecule has 0 aliphatic carbocycles. The number of rotatable bonds is 5. The van der Waals surface area contributed by atoms with Gasteiger partial charge in [0.15, 0.2) is 5.65 Å². The summed E-state index contributed by atoms with van der Waals surface area (Å²) in [6.45, 7) is 2.03. The number of aryl methyl sites for hydroxylation is 2. The third-order valence-corrected chi connectivity index (χ3v) is 5.48. The maximum Gasteiger partial charge on any atom is 0.332 e. The Morgan fingerprint density at radius 3 is 2.00 bits per heavy atom. The van der Waals surface area contributed by atoms with Crippen molar-refractivity contribution < 1.29 is 0 Å². The van der Waals surface area contributed by atoms with Crippen LogP contribution >= 0.6 is 0 Å². The molecule has 6 nitrogen and oxygen atoms in total. The van der Waals surface area contributed by atoms with E-state index in [9.17, 15) is 9.59 Å². The van der Waals surface area contributed by atoms with Crippen molar-refractivity contribution >= 4 is 16.7 Å². The molecular weight excluding hydrogens is 376 g/mol. The highest BCUT2D eigenvalue weighted by atomic mass is 16.2. The van der Waals surface area contributed by atoms with Gasteiger partial charge in [-0.1, -0.05) is 67.6 Å². The topological polar surface area (TPSA) is 68.9 Å². The molecule has 0 aliphatic heterocycles. The summed E-state index contributed by atoms with van der Waals surface area (Å²) in [7, 11) is 3.14. The van der Waals surface area contributed by atoms with E-state index in [2.05, 4.69) is 34.6 Å². The lowest BCUT2D eigenvalue weighted by atomic mass is 9.97. The summed E-state index contributed by atoms with van der Waals surface area (Å²) in [6, 6.07) is 20.1. The van der Waals surface area contributed by atoms with Crippen LogP contribution in [0.4, 0.5) is 5.69 Å². The number of hydrogen-bond acceptors (Lipinski definition) is 4. The summed E-state index contributed by atoms with van der Waals surface area (Å²) in [6.07, 6.45) is 2.45. The minimum atomic E-state index is -0.391. The lowest BCUT2D eigenvalue weighted by Crippen LogP contribution is -2.37. The van der Waals surface area contributed by atoms with Crippen LogP contribution in [0.15, 0.2) is 76.4 Å². The summed E-state index contributed by atoms with van der Waals surface area (Å²) >= 11 is 0. The van der Waals surface area contributed by atoms with Crippen molar-refractivity contribution in [2.45, 2.75) is 19.4 Å². The van der Waals surface area contributed by atoms with Gasteiger partial charge in [0.25, 0.3) is 5.56 Å². The Bertz CT molecular complexity index is 1270. The summed E-state index contributed by atoms with van der Waals surface area (Å²) in [5, 5.41) is 4.05. The van der Waals surface area contributed by atoms with E-state index in [1.807, 2.05) is 43.3 Å². The molecule has 6 heteroatoms. The molecule has 0 saturated carbocycles. The number of aromatic nitrogens is 3. The van der Waals surface area contributed by atoms with E-state index < -0.39 is 5.69 Å². The molecule has 0 amide bonds. The Morgan fingerprint density at radius 1 is 0.900 bits per heavy atom. The second-order valence-corrected chi connectivity index (χ2v) is 7.32. The highest BCUT2D eigenvalue weighted by Gasteiger charge is 2.21. The lowest BCUT2D eigenvalue weighted by molar-refractivity contribution is 0.707. The number of benzene rings is 2. The molecule has 0 unspecified atom stereocenters. The molecule has 0 aliphatic rings. The van der Waals surface area contributed by atoms with Gasteiger partial charge >= 0.3 is 5.69 Å². The van der Waals surface area contributed by atoms with Gasteiger partial charge in [-0.15, -0.1) is 0 Å². The van der Waals surface area contributed by atoms with Crippen LogP contribution in [-0.4, -0.2) is 14.1 Å². The summed E-state index contributed by atoms with van der Waals surface area (Å²) in [5.74, 6) is 0. The first-order valence-electron chi connectivity index (χ1n) is 9.97. The highest BCUT2D eigenvalue weighted by molar-refractivity contribution is 5.90. The van der Waals surface area contributed by atoms with Gasteiger partial charge < -0.3 is 5.32 Å². The van der Waals surface area contributed by atoms with E-state index in [0.29, 0.717) is 17.5 Å². The maximum atomic E-state index is 13.1.